The minimum absolute atomic E-state index is 0.345. The van der Waals surface area contributed by atoms with Gasteiger partial charge >= 0.3 is 5.69 Å². The van der Waals surface area contributed by atoms with E-state index in [4.69, 9.17) is 0 Å². The van der Waals surface area contributed by atoms with Gasteiger partial charge in [-0.25, -0.2) is 9.36 Å². The predicted molar refractivity (Wildman–Crippen MR) is 128 cm³/mol. The maximum Gasteiger partial charge on any atom is 0.333 e. The fourth-order valence-electron chi connectivity index (χ4n) is 4.34. The summed E-state index contributed by atoms with van der Waals surface area (Å²) in [6.45, 7) is 0. The van der Waals surface area contributed by atoms with Crippen molar-refractivity contribution in [3.8, 4) is 16.8 Å². The summed E-state index contributed by atoms with van der Waals surface area (Å²) < 4.78 is 1.21. The van der Waals surface area contributed by atoms with Crippen LogP contribution in [0.25, 0.3) is 49.4 Å². The zero-order valence-corrected chi connectivity index (χ0v) is 16.9. The molecule has 0 saturated heterocycles. The van der Waals surface area contributed by atoms with Gasteiger partial charge in [-0.05, 0) is 35.2 Å². The summed E-state index contributed by atoms with van der Waals surface area (Å²) in [6, 6.07) is 28.7. The second kappa shape index (κ2) is 7.03. The zero-order chi connectivity index (χ0) is 21.7. The van der Waals surface area contributed by atoms with Crippen LogP contribution in [0.2, 0.25) is 0 Å². The number of benzene rings is 4. The highest BCUT2D eigenvalue weighted by Crippen LogP contribution is 2.28. The highest BCUT2D eigenvalue weighted by molar-refractivity contribution is 5.96. The SMILES string of the molecule is O=c1[nH]c2cc(-c3cccc4cccnc34)ccc2c(=O)n1-c1cccc2ccccc12. The molecule has 0 aliphatic carbocycles. The lowest BCUT2D eigenvalue weighted by Crippen LogP contribution is -2.33. The molecule has 1 N–H and O–H groups in total. The minimum Gasteiger partial charge on any atom is -0.306 e. The Kier molecular flexibility index (Phi) is 4.01. The van der Waals surface area contributed by atoms with Crippen LogP contribution in [-0.2, 0) is 0 Å². The number of hydrogen-bond acceptors (Lipinski definition) is 3. The fraction of sp³-hybridized carbons (Fsp3) is 0. The van der Waals surface area contributed by atoms with E-state index in [9.17, 15) is 9.59 Å². The van der Waals surface area contributed by atoms with Gasteiger partial charge in [-0.1, -0.05) is 66.7 Å². The van der Waals surface area contributed by atoms with Crippen molar-refractivity contribution < 1.29 is 0 Å². The third-order valence-electron chi connectivity index (χ3n) is 5.85. The van der Waals surface area contributed by atoms with E-state index in [0.29, 0.717) is 16.6 Å². The van der Waals surface area contributed by atoms with Crippen LogP contribution in [0.5, 0.6) is 0 Å². The molecule has 6 rings (SSSR count). The van der Waals surface area contributed by atoms with Gasteiger partial charge < -0.3 is 4.98 Å². The number of H-pyrrole nitrogens is 1. The molecule has 0 spiro atoms. The van der Waals surface area contributed by atoms with Gasteiger partial charge in [0, 0.05) is 22.5 Å². The Morgan fingerprint density at radius 1 is 0.719 bits per heavy atom. The molecule has 5 heteroatoms. The summed E-state index contributed by atoms with van der Waals surface area (Å²) in [7, 11) is 0. The molecular weight excluding hydrogens is 398 g/mol. The molecule has 0 amide bonds. The van der Waals surface area contributed by atoms with Gasteiger partial charge in [-0.3, -0.25) is 9.78 Å². The van der Waals surface area contributed by atoms with E-state index < -0.39 is 5.69 Å². The second-order valence-electron chi connectivity index (χ2n) is 7.71. The molecule has 2 heterocycles. The maximum absolute atomic E-state index is 13.4. The number of para-hydroxylation sites is 1. The summed E-state index contributed by atoms with van der Waals surface area (Å²) >= 11 is 0. The van der Waals surface area contributed by atoms with Crippen molar-refractivity contribution >= 4 is 32.6 Å². The Morgan fingerprint density at radius 2 is 1.50 bits per heavy atom. The Hall–Kier alpha value is -4.51. The molecule has 0 radical (unpaired) electrons. The lowest BCUT2D eigenvalue weighted by atomic mass is 10.0. The summed E-state index contributed by atoms with van der Waals surface area (Å²) in [5, 5.41) is 3.30. The van der Waals surface area contributed by atoms with Gasteiger partial charge in [-0.2, -0.15) is 0 Å². The molecule has 5 nitrogen and oxygen atoms in total. The molecule has 152 valence electrons. The normalized spacial score (nSPS) is 11.4. The summed E-state index contributed by atoms with van der Waals surface area (Å²) in [6.07, 6.45) is 1.76. The first-order chi connectivity index (χ1) is 15.7. The number of hydrogen-bond donors (Lipinski definition) is 1. The lowest BCUT2D eigenvalue weighted by molar-refractivity contribution is 0.908. The molecule has 0 saturated carbocycles. The zero-order valence-electron chi connectivity index (χ0n) is 16.9. The first-order valence-electron chi connectivity index (χ1n) is 10.3. The number of rotatable bonds is 2. The number of nitrogens with zero attached hydrogens (tertiary/aromatic N) is 2. The molecule has 32 heavy (non-hydrogen) atoms. The molecule has 6 aromatic rings. The van der Waals surface area contributed by atoms with E-state index in [0.717, 1.165) is 32.8 Å². The largest absolute Gasteiger partial charge is 0.333 e. The van der Waals surface area contributed by atoms with Gasteiger partial charge in [-0.15, -0.1) is 0 Å². The highest BCUT2D eigenvalue weighted by atomic mass is 16.2. The monoisotopic (exact) mass is 415 g/mol. The molecule has 0 atom stereocenters. The summed E-state index contributed by atoms with van der Waals surface area (Å²) in [5.74, 6) is 0. The van der Waals surface area contributed by atoms with Crippen LogP contribution >= 0.6 is 0 Å². The third-order valence-corrected chi connectivity index (χ3v) is 5.85. The van der Waals surface area contributed by atoms with Crippen LogP contribution in [0.4, 0.5) is 0 Å². The molecule has 0 bridgehead atoms. The molecule has 4 aromatic carbocycles. The first kappa shape index (κ1) is 18.3. The Balaban J connectivity index is 1.60. The van der Waals surface area contributed by atoms with Crippen LogP contribution in [-0.4, -0.2) is 14.5 Å². The van der Waals surface area contributed by atoms with Gasteiger partial charge in [0.05, 0.1) is 22.1 Å². The molecular formula is C27H17N3O2. The van der Waals surface area contributed by atoms with Crippen molar-refractivity contribution in [3.63, 3.8) is 0 Å². The lowest BCUT2D eigenvalue weighted by Gasteiger charge is -2.11. The van der Waals surface area contributed by atoms with E-state index in [1.165, 1.54) is 4.57 Å². The number of fused-ring (bicyclic) bond motifs is 3. The van der Waals surface area contributed by atoms with Crippen molar-refractivity contribution in [1.29, 1.82) is 0 Å². The van der Waals surface area contributed by atoms with Crippen LogP contribution in [0.1, 0.15) is 0 Å². The molecule has 0 unspecified atom stereocenters. The van der Waals surface area contributed by atoms with Crippen LogP contribution in [0.15, 0.2) is 107 Å². The van der Waals surface area contributed by atoms with E-state index in [1.54, 1.807) is 18.3 Å². The number of nitrogens with one attached hydrogen (secondary N) is 1. The average molecular weight is 415 g/mol. The first-order valence-corrected chi connectivity index (χ1v) is 10.3. The van der Waals surface area contributed by atoms with Crippen LogP contribution in [0.3, 0.4) is 0 Å². The van der Waals surface area contributed by atoms with Crippen molar-refractivity contribution in [2.24, 2.45) is 0 Å². The number of pyridine rings is 1. The standard InChI is InChI=1S/C27H17N3O2/c31-26-22-14-13-19(21-11-3-8-18-9-5-15-28-25(18)21)16-23(22)29-27(32)30(26)24-12-4-7-17-6-1-2-10-20(17)24/h1-16H,(H,29,32). The third kappa shape index (κ3) is 2.76. The Labute approximate surface area is 182 Å². The van der Waals surface area contributed by atoms with Gasteiger partial charge in [0.25, 0.3) is 5.56 Å². The second-order valence-corrected chi connectivity index (χ2v) is 7.71. The van der Waals surface area contributed by atoms with E-state index in [2.05, 4.69) is 9.97 Å². The van der Waals surface area contributed by atoms with E-state index in [1.807, 2.05) is 78.9 Å². The summed E-state index contributed by atoms with van der Waals surface area (Å²) in [5.41, 5.74) is 2.97. The van der Waals surface area contributed by atoms with Crippen molar-refractivity contribution in [1.82, 2.24) is 14.5 Å². The molecule has 0 aliphatic heterocycles. The van der Waals surface area contributed by atoms with Gasteiger partial charge in [0.1, 0.15) is 0 Å². The summed E-state index contributed by atoms with van der Waals surface area (Å²) in [4.78, 5) is 33.9. The van der Waals surface area contributed by atoms with E-state index >= 15 is 0 Å². The maximum atomic E-state index is 13.4. The van der Waals surface area contributed by atoms with Crippen molar-refractivity contribution in [2.75, 3.05) is 0 Å². The molecule has 0 aliphatic rings. The fourth-order valence-corrected chi connectivity index (χ4v) is 4.34. The smallest absolute Gasteiger partial charge is 0.306 e. The highest BCUT2D eigenvalue weighted by Gasteiger charge is 2.13. The van der Waals surface area contributed by atoms with Crippen LogP contribution in [0, 0.1) is 0 Å². The van der Waals surface area contributed by atoms with E-state index in [-0.39, 0.29) is 5.56 Å². The number of aromatic nitrogens is 3. The molecule has 0 fully saturated rings. The van der Waals surface area contributed by atoms with Crippen molar-refractivity contribution in [3.05, 3.63) is 118 Å². The number of aromatic amines is 1. The van der Waals surface area contributed by atoms with Gasteiger partial charge in [0.2, 0.25) is 0 Å². The Morgan fingerprint density at radius 3 is 2.44 bits per heavy atom. The quantitative estimate of drug-likeness (QED) is 0.430. The molecule has 2 aromatic heterocycles. The topological polar surface area (TPSA) is 67.8 Å². The van der Waals surface area contributed by atoms with Gasteiger partial charge in [0.15, 0.2) is 0 Å². The van der Waals surface area contributed by atoms with Crippen LogP contribution < -0.4 is 11.2 Å². The predicted octanol–water partition coefficient (Wildman–Crippen LogP) is 5.05. The minimum atomic E-state index is -0.466. The Bertz CT molecular complexity index is 1770. The average Bonchev–Trinajstić information content (AvgIpc) is 2.83. The van der Waals surface area contributed by atoms with Crippen molar-refractivity contribution in [2.45, 2.75) is 0 Å².